The van der Waals surface area contributed by atoms with E-state index in [9.17, 15) is 5.26 Å². The molecule has 1 fully saturated rings. The Kier molecular flexibility index (Phi) is 3.63. The van der Waals surface area contributed by atoms with Gasteiger partial charge in [-0.1, -0.05) is 0 Å². The molecule has 0 aromatic rings. The van der Waals surface area contributed by atoms with Crippen molar-refractivity contribution >= 4 is 0 Å². The van der Waals surface area contributed by atoms with Gasteiger partial charge in [-0.15, -0.1) is 0 Å². The lowest BCUT2D eigenvalue weighted by molar-refractivity contribution is -0.129. The largest absolute Gasteiger partial charge is 0.396 e. The van der Waals surface area contributed by atoms with Crippen LogP contribution in [0.4, 0.5) is 0 Å². The Morgan fingerprint density at radius 2 is 2.00 bits per heavy atom. The molecule has 1 heterocycles. The number of aliphatic hydroxyl groups excluding tert-OH is 1. The summed E-state index contributed by atoms with van der Waals surface area (Å²) in [6.45, 7) is 8.14. The predicted octanol–water partition coefficient (Wildman–Crippen LogP) is 1.63. The van der Waals surface area contributed by atoms with E-state index in [1.54, 1.807) is 0 Å². The van der Waals surface area contributed by atoms with Gasteiger partial charge in [-0.25, -0.2) is 0 Å². The fourth-order valence-electron chi connectivity index (χ4n) is 2.36. The van der Waals surface area contributed by atoms with Crippen molar-refractivity contribution in [1.29, 1.82) is 5.26 Å². The van der Waals surface area contributed by atoms with E-state index >= 15 is 0 Å². The normalized spacial score (nSPS) is 31.2. The Hall–Kier alpha value is -0.630. The Morgan fingerprint density at radius 3 is 2.38 bits per heavy atom. The molecule has 0 saturated carbocycles. The van der Waals surface area contributed by atoms with Crippen LogP contribution in [-0.2, 0) is 9.47 Å². The number of hydrogen-bond donors (Lipinski definition) is 1. The third kappa shape index (κ3) is 2.37. The van der Waals surface area contributed by atoms with E-state index in [0.29, 0.717) is 19.4 Å². The van der Waals surface area contributed by atoms with Crippen LogP contribution in [0, 0.1) is 11.3 Å². The Balaban J connectivity index is 2.83. The number of nitrogens with zero attached hydrogens (tertiary/aromatic N) is 1. The van der Waals surface area contributed by atoms with Gasteiger partial charge in [0, 0.05) is 13.0 Å². The lowest BCUT2D eigenvalue weighted by Crippen LogP contribution is -2.47. The molecule has 4 heteroatoms. The molecule has 1 aliphatic heterocycles. The van der Waals surface area contributed by atoms with Gasteiger partial charge in [0.15, 0.2) is 5.60 Å². The highest BCUT2D eigenvalue weighted by molar-refractivity contribution is 5.19. The molecular formula is C12H21NO3. The lowest BCUT2D eigenvalue weighted by atomic mass is 9.83. The van der Waals surface area contributed by atoms with Crippen molar-refractivity contribution in [2.75, 3.05) is 13.2 Å². The van der Waals surface area contributed by atoms with Gasteiger partial charge in [-0.2, -0.15) is 5.26 Å². The zero-order chi connectivity index (χ0) is 12.4. The highest BCUT2D eigenvalue weighted by Crippen LogP contribution is 2.46. The monoisotopic (exact) mass is 227 g/mol. The second-order valence-electron chi connectivity index (χ2n) is 5.41. The smallest absolute Gasteiger partial charge is 0.184 e. The standard InChI is InChI=1S/C12H21NO3/c1-10(2)8-12(9-13,11(3,4)16-10)15-7-5-6-14/h14H,5-8H2,1-4H3. The minimum absolute atomic E-state index is 0.0756. The van der Waals surface area contributed by atoms with Crippen molar-refractivity contribution in [2.24, 2.45) is 0 Å². The van der Waals surface area contributed by atoms with Crippen LogP contribution >= 0.6 is 0 Å². The molecule has 0 bridgehead atoms. The minimum atomic E-state index is -0.911. The fraction of sp³-hybridized carbons (Fsp3) is 0.917. The molecule has 1 saturated heterocycles. The maximum absolute atomic E-state index is 9.37. The first kappa shape index (κ1) is 13.4. The van der Waals surface area contributed by atoms with Crippen LogP contribution in [0.1, 0.15) is 40.5 Å². The topological polar surface area (TPSA) is 62.5 Å². The molecule has 0 radical (unpaired) electrons. The molecule has 1 aliphatic rings. The molecule has 92 valence electrons. The fourth-order valence-corrected chi connectivity index (χ4v) is 2.36. The molecule has 0 aliphatic carbocycles. The summed E-state index contributed by atoms with van der Waals surface area (Å²) in [5, 5.41) is 18.1. The Morgan fingerprint density at radius 1 is 1.38 bits per heavy atom. The highest BCUT2D eigenvalue weighted by Gasteiger charge is 2.59. The van der Waals surface area contributed by atoms with Gasteiger partial charge in [0.2, 0.25) is 0 Å². The van der Waals surface area contributed by atoms with E-state index in [0.717, 1.165) is 0 Å². The summed E-state index contributed by atoms with van der Waals surface area (Å²) in [6.07, 6.45) is 1.09. The van der Waals surface area contributed by atoms with E-state index in [4.69, 9.17) is 14.6 Å². The molecule has 0 amide bonds. The molecule has 0 aromatic heterocycles. The number of rotatable bonds is 4. The quantitative estimate of drug-likeness (QED) is 0.741. The van der Waals surface area contributed by atoms with Gasteiger partial charge < -0.3 is 14.6 Å². The van der Waals surface area contributed by atoms with Gasteiger partial charge in [0.1, 0.15) is 11.7 Å². The molecule has 0 spiro atoms. The molecule has 4 nitrogen and oxygen atoms in total. The zero-order valence-electron chi connectivity index (χ0n) is 10.5. The van der Waals surface area contributed by atoms with Gasteiger partial charge >= 0.3 is 0 Å². The van der Waals surface area contributed by atoms with E-state index in [1.165, 1.54) is 0 Å². The molecule has 1 unspecified atom stereocenters. The second-order valence-corrected chi connectivity index (χ2v) is 5.41. The van der Waals surface area contributed by atoms with E-state index in [2.05, 4.69) is 6.07 Å². The third-order valence-electron chi connectivity index (χ3n) is 3.01. The first-order valence-electron chi connectivity index (χ1n) is 5.65. The molecule has 1 atom stereocenters. The summed E-state index contributed by atoms with van der Waals surface area (Å²) < 4.78 is 11.5. The van der Waals surface area contributed by atoms with Crippen LogP contribution in [-0.4, -0.2) is 35.1 Å². The zero-order valence-corrected chi connectivity index (χ0v) is 10.5. The summed E-state index contributed by atoms with van der Waals surface area (Å²) in [5.74, 6) is 0. The van der Waals surface area contributed by atoms with Crippen LogP contribution in [0.25, 0.3) is 0 Å². The SMILES string of the molecule is CC1(C)CC(C#N)(OCCCO)C(C)(C)O1. The van der Waals surface area contributed by atoms with Crippen molar-refractivity contribution < 1.29 is 14.6 Å². The van der Waals surface area contributed by atoms with Crippen molar-refractivity contribution in [3.05, 3.63) is 0 Å². The van der Waals surface area contributed by atoms with Crippen molar-refractivity contribution in [1.82, 2.24) is 0 Å². The Labute approximate surface area is 97.2 Å². The van der Waals surface area contributed by atoms with Crippen molar-refractivity contribution in [3.63, 3.8) is 0 Å². The van der Waals surface area contributed by atoms with E-state index < -0.39 is 11.2 Å². The van der Waals surface area contributed by atoms with E-state index in [-0.39, 0.29) is 12.2 Å². The molecule has 1 N–H and O–H groups in total. The number of aliphatic hydroxyl groups is 1. The maximum atomic E-state index is 9.37. The summed E-state index contributed by atoms with van der Waals surface area (Å²) in [6, 6.07) is 2.25. The Bertz CT molecular complexity index is 293. The molecule has 0 aromatic carbocycles. The van der Waals surface area contributed by atoms with Crippen molar-refractivity contribution in [2.45, 2.75) is 57.3 Å². The van der Waals surface area contributed by atoms with Gasteiger partial charge in [-0.3, -0.25) is 0 Å². The van der Waals surface area contributed by atoms with Crippen molar-refractivity contribution in [3.8, 4) is 6.07 Å². The molecular weight excluding hydrogens is 206 g/mol. The van der Waals surface area contributed by atoms with E-state index in [1.807, 2.05) is 27.7 Å². The number of hydrogen-bond acceptors (Lipinski definition) is 4. The maximum Gasteiger partial charge on any atom is 0.184 e. The van der Waals surface area contributed by atoms with Gasteiger partial charge in [-0.05, 0) is 34.1 Å². The summed E-state index contributed by atoms with van der Waals surface area (Å²) in [4.78, 5) is 0. The van der Waals surface area contributed by atoms with Crippen LogP contribution < -0.4 is 0 Å². The average Bonchev–Trinajstić information content (AvgIpc) is 2.32. The molecule has 1 rings (SSSR count). The van der Waals surface area contributed by atoms with Gasteiger partial charge in [0.05, 0.1) is 12.2 Å². The van der Waals surface area contributed by atoms with Crippen LogP contribution in [0.2, 0.25) is 0 Å². The summed E-state index contributed by atoms with van der Waals surface area (Å²) in [5.41, 5.74) is -1.88. The number of ether oxygens (including phenoxy) is 2. The summed E-state index contributed by atoms with van der Waals surface area (Å²) >= 11 is 0. The lowest BCUT2D eigenvalue weighted by Gasteiger charge is -2.33. The van der Waals surface area contributed by atoms with Gasteiger partial charge in [0.25, 0.3) is 0 Å². The summed E-state index contributed by atoms with van der Waals surface area (Å²) in [7, 11) is 0. The van der Waals surface area contributed by atoms with Crippen LogP contribution in [0.3, 0.4) is 0 Å². The predicted molar refractivity (Wildman–Crippen MR) is 59.9 cm³/mol. The van der Waals surface area contributed by atoms with Crippen LogP contribution in [0.15, 0.2) is 0 Å². The minimum Gasteiger partial charge on any atom is -0.396 e. The first-order valence-corrected chi connectivity index (χ1v) is 5.65. The molecule has 16 heavy (non-hydrogen) atoms. The third-order valence-corrected chi connectivity index (χ3v) is 3.01. The second kappa shape index (κ2) is 4.33. The average molecular weight is 227 g/mol. The number of nitriles is 1. The highest BCUT2D eigenvalue weighted by atomic mass is 16.6. The first-order chi connectivity index (χ1) is 7.29. The van der Waals surface area contributed by atoms with Crippen LogP contribution in [0.5, 0.6) is 0 Å².